The van der Waals surface area contributed by atoms with Crippen LogP contribution < -0.4 is 5.73 Å². The molecular formula is C14H28N2. The molecule has 0 saturated heterocycles. The second-order valence-electron chi connectivity index (χ2n) is 5.89. The first-order valence-electron chi connectivity index (χ1n) is 7.21. The average molecular weight is 224 g/mol. The van der Waals surface area contributed by atoms with E-state index < -0.39 is 0 Å². The van der Waals surface area contributed by atoms with Crippen molar-refractivity contribution >= 4 is 0 Å². The van der Waals surface area contributed by atoms with Gasteiger partial charge in [0.2, 0.25) is 0 Å². The molecule has 2 heteroatoms. The van der Waals surface area contributed by atoms with Gasteiger partial charge in [0.1, 0.15) is 0 Å². The molecule has 0 aliphatic heterocycles. The predicted octanol–water partition coefficient (Wildman–Crippen LogP) is 2.91. The fourth-order valence-electron chi connectivity index (χ4n) is 3.77. The molecule has 0 unspecified atom stereocenters. The number of hydrogen-bond donors (Lipinski definition) is 1. The minimum absolute atomic E-state index is 0.339. The van der Waals surface area contributed by atoms with Gasteiger partial charge in [0.25, 0.3) is 0 Å². The zero-order valence-corrected chi connectivity index (χ0v) is 10.9. The summed E-state index contributed by atoms with van der Waals surface area (Å²) in [4.78, 5) is 2.67. The summed E-state index contributed by atoms with van der Waals surface area (Å²) in [6, 6.07) is 0.821. The Kier molecular flexibility index (Phi) is 4.26. The number of likely N-dealkylation sites (N-methyl/N-ethyl adjacent to an activating group) is 1. The maximum absolute atomic E-state index is 6.13. The van der Waals surface area contributed by atoms with Crippen LogP contribution in [0.4, 0.5) is 0 Å². The second kappa shape index (κ2) is 5.50. The Morgan fingerprint density at radius 1 is 1.00 bits per heavy atom. The lowest BCUT2D eigenvalue weighted by Crippen LogP contribution is -2.55. The molecule has 2 aliphatic carbocycles. The highest BCUT2D eigenvalue weighted by Crippen LogP contribution is 2.35. The van der Waals surface area contributed by atoms with Crippen LogP contribution in [0.5, 0.6) is 0 Å². The monoisotopic (exact) mass is 224 g/mol. The Bertz CT molecular complexity index is 201. The van der Waals surface area contributed by atoms with Crippen LogP contribution in [0.3, 0.4) is 0 Å². The van der Waals surface area contributed by atoms with Gasteiger partial charge >= 0.3 is 0 Å². The first-order chi connectivity index (χ1) is 7.78. The normalized spacial score (nSPS) is 27.2. The quantitative estimate of drug-likeness (QED) is 0.747. The third kappa shape index (κ3) is 2.43. The number of hydrogen-bond acceptors (Lipinski definition) is 2. The zero-order valence-electron chi connectivity index (χ0n) is 10.9. The van der Waals surface area contributed by atoms with E-state index in [4.69, 9.17) is 5.73 Å². The molecule has 2 fully saturated rings. The van der Waals surface area contributed by atoms with E-state index in [2.05, 4.69) is 11.9 Å². The molecule has 0 bridgehead atoms. The summed E-state index contributed by atoms with van der Waals surface area (Å²) in [7, 11) is 2.34. The molecule has 0 aromatic carbocycles. The van der Waals surface area contributed by atoms with Crippen molar-refractivity contribution in [3.8, 4) is 0 Å². The predicted molar refractivity (Wildman–Crippen MR) is 69.5 cm³/mol. The highest BCUT2D eigenvalue weighted by atomic mass is 15.2. The van der Waals surface area contributed by atoms with Crippen molar-refractivity contribution < 1.29 is 0 Å². The Labute approximate surface area is 101 Å². The third-order valence-electron chi connectivity index (χ3n) is 5.03. The van der Waals surface area contributed by atoms with E-state index >= 15 is 0 Å². The molecule has 16 heavy (non-hydrogen) atoms. The lowest BCUT2D eigenvalue weighted by atomic mass is 9.87. The minimum Gasteiger partial charge on any atom is -0.329 e. The van der Waals surface area contributed by atoms with Crippen LogP contribution >= 0.6 is 0 Å². The highest BCUT2D eigenvalue weighted by molar-refractivity contribution is 4.95. The summed E-state index contributed by atoms with van der Waals surface area (Å²) in [6.07, 6.45) is 13.9. The zero-order chi connectivity index (χ0) is 11.4. The van der Waals surface area contributed by atoms with Crippen molar-refractivity contribution in [3.05, 3.63) is 0 Å². The van der Waals surface area contributed by atoms with E-state index in [0.717, 1.165) is 12.6 Å². The van der Waals surface area contributed by atoms with E-state index in [9.17, 15) is 0 Å². The van der Waals surface area contributed by atoms with Crippen molar-refractivity contribution in [1.29, 1.82) is 0 Å². The molecule has 0 atom stereocenters. The van der Waals surface area contributed by atoms with Gasteiger partial charge in [0, 0.05) is 18.1 Å². The summed E-state index contributed by atoms with van der Waals surface area (Å²) in [5, 5.41) is 0. The van der Waals surface area contributed by atoms with Gasteiger partial charge in [-0.15, -0.1) is 0 Å². The average Bonchev–Trinajstić information content (AvgIpc) is 2.73. The van der Waals surface area contributed by atoms with Crippen LogP contribution in [-0.4, -0.2) is 30.1 Å². The standard InChI is InChI=1S/C14H28N2/c1-16(13-8-4-5-9-13)14(12-15)10-6-2-3-7-11-14/h13H,2-12,15H2,1H3. The second-order valence-corrected chi connectivity index (χ2v) is 5.89. The van der Waals surface area contributed by atoms with Crippen molar-refractivity contribution in [2.75, 3.05) is 13.6 Å². The van der Waals surface area contributed by atoms with Crippen molar-refractivity contribution in [2.45, 2.75) is 75.8 Å². The largest absolute Gasteiger partial charge is 0.329 e. The molecule has 2 rings (SSSR count). The van der Waals surface area contributed by atoms with Crippen molar-refractivity contribution in [1.82, 2.24) is 4.90 Å². The van der Waals surface area contributed by atoms with Gasteiger partial charge in [-0.1, -0.05) is 38.5 Å². The van der Waals surface area contributed by atoms with Gasteiger partial charge in [-0.05, 0) is 32.7 Å². The SMILES string of the molecule is CN(C1CCCC1)C1(CN)CCCCCC1. The molecule has 0 radical (unpaired) electrons. The van der Waals surface area contributed by atoms with E-state index in [1.165, 1.54) is 64.2 Å². The summed E-state index contributed by atoms with van der Waals surface area (Å²) >= 11 is 0. The van der Waals surface area contributed by atoms with Gasteiger partial charge in [-0.3, -0.25) is 4.90 Å². The molecule has 0 heterocycles. The number of nitrogens with two attached hydrogens (primary N) is 1. The van der Waals surface area contributed by atoms with Crippen molar-refractivity contribution in [3.63, 3.8) is 0 Å². The van der Waals surface area contributed by atoms with Gasteiger partial charge < -0.3 is 5.73 Å². The van der Waals surface area contributed by atoms with Crippen molar-refractivity contribution in [2.24, 2.45) is 5.73 Å². The lowest BCUT2D eigenvalue weighted by Gasteiger charge is -2.44. The van der Waals surface area contributed by atoms with Crippen LogP contribution in [-0.2, 0) is 0 Å². The van der Waals surface area contributed by atoms with Gasteiger partial charge in [-0.25, -0.2) is 0 Å². The fourth-order valence-corrected chi connectivity index (χ4v) is 3.77. The van der Waals surface area contributed by atoms with Crippen LogP contribution in [0.2, 0.25) is 0 Å². The van der Waals surface area contributed by atoms with Crippen LogP contribution in [0.25, 0.3) is 0 Å². The van der Waals surface area contributed by atoms with Crippen LogP contribution in [0, 0.1) is 0 Å². The van der Waals surface area contributed by atoms with E-state index in [0.29, 0.717) is 5.54 Å². The molecule has 2 aliphatic rings. The lowest BCUT2D eigenvalue weighted by molar-refractivity contribution is 0.0646. The number of nitrogens with zero attached hydrogens (tertiary/aromatic N) is 1. The molecule has 0 aromatic rings. The van der Waals surface area contributed by atoms with E-state index in [-0.39, 0.29) is 0 Å². The van der Waals surface area contributed by atoms with Gasteiger partial charge in [-0.2, -0.15) is 0 Å². The van der Waals surface area contributed by atoms with Crippen LogP contribution in [0.15, 0.2) is 0 Å². The Morgan fingerprint density at radius 2 is 1.56 bits per heavy atom. The molecule has 0 aromatic heterocycles. The molecule has 0 spiro atoms. The molecular weight excluding hydrogens is 196 g/mol. The highest BCUT2D eigenvalue weighted by Gasteiger charge is 2.37. The Hall–Kier alpha value is -0.0800. The first kappa shape index (κ1) is 12.4. The fraction of sp³-hybridized carbons (Fsp3) is 1.00. The molecule has 2 nitrogen and oxygen atoms in total. The Morgan fingerprint density at radius 3 is 2.06 bits per heavy atom. The summed E-state index contributed by atoms with van der Waals surface area (Å²) in [6.45, 7) is 0.861. The maximum atomic E-state index is 6.13. The van der Waals surface area contributed by atoms with E-state index in [1.807, 2.05) is 0 Å². The number of rotatable bonds is 3. The molecule has 94 valence electrons. The Balaban J connectivity index is 2.05. The third-order valence-corrected chi connectivity index (χ3v) is 5.03. The first-order valence-corrected chi connectivity index (χ1v) is 7.21. The summed E-state index contributed by atoms with van der Waals surface area (Å²) in [5.74, 6) is 0. The summed E-state index contributed by atoms with van der Waals surface area (Å²) < 4.78 is 0. The molecule has 0 amide bonds. The molecule has 2 saturated carbocycles. The summed E-state index contributed by atoms with van der Waals surface area (Å²) in [5.41, 5.74) is 6.47. The van der Waals surface area contributed by atoms with Gasteiger partial charge in [0.15, 0.2) is 0 Å². The molecule has 2 N–H and O–H groups in total. The smallest absolute Gasteiger partial charge is 0.0331 e. The van der Waals surface area contributed by atoms with Crippen LogP contribution in [0.1, 0.15) is 64.2 Å². The maximum Gasteiger partial charge on any atom is 0.0331 e. The van der Waals surface area contributed by atoms with E-state index in [1.54, 1.807) is 0 Å². The van der Waals surface area contributed by atoms with Gasteiger partial charge in [0.05, 0.1) is 0 Å². The topological polar surface area (TPSA) is 29.3 Å². The minimum atomic E-state index is 0.339.